The number of aromatic nitrogens is 2. The molecule has 0 amide bonds. The van der Waals surface area contributed by atoms with Crippen LogP contribution in [0.5, 0.6) is 0 Å². The van der Waals surface area contributed by atoms with Crippen LogP contribution >= 0.6 is 0 Å². The SMILES string of the molecule is Cc1cc(C(C)C)c(-n2c(-c3ccc(C#N)cc3C)nc(C)c2C)c(C(C)C)c1. The molecule has 2 aromatic carbocycles. The Balaban J connectivity index is 2.42. The van der Waals surface area contributed by atoms with Crippen LogP contribution in [0.4, 0.5) is 0 Å². The van der Waals surface area contributed by atoms with Crippen molar-refractivity contribution in [2.24, 2.45) is 0 Å². The van der Waals surface area contributed by atoms with E-state index in [0.29, 0.717) is 17.4 Å². The summed E-state index contributed by atoms with van der Waals surface area (Å²) in [6, 6.07) is 12.7. The van der Waals surface area contributed by atoms with Crippen LogP contribution in [-0.4, -0.2) is 9.55 Å². The maximum atomic E-state index is 9.25. The van der Waals surface area contributed by atoms with Gasteiger partial charge in [0, 0.05) is 11.3 Å². The van der Waals surface area contributed by atoms with Crippen LogP contribution in [0.1, 0.15) is 78.7 Å². The molecule has 3 rings (SSSR count). The lowest BCUT2D eigenvalue weighted by molar-refractivity contribution is 0.798. The smallest absolute Gasteiger partial charge is 0.145 e. The molecule has 0 fully saturated rings. The highest BCUT2D eigenvalue weighted by Crippen LogP contribution is 2.37. The first-order valence-electron chi connectivity index (χ1n) is 10.4. The van der Waals surface area contributed by atoms with Crippen molar-refractivity contribution < 1.29 is 0 Å². The van der Waals surface area contributed by atoms with E-state index in [0.717, 1.165) is 28.3 Å². The number of hydrogen-bond acceptors (Lipinski definition) is 2. The maximum absolute atomic E-state index is 9.25. The molecule has 29 heavy (non-hydrogen) atoms. The van der Waals surface area contributed by atoms with Crippen LogP contribution in [0.15, 0.2) is 30.3 Å². The number of aryl methyl sites for hydroxylation is 3. The first-order valence-corrected chi connectivity index (χ1v) is 10.4. The zero-order valence-corrected chi connectivity index (χ0v) is 18.9. The molecule has 1 heterocycles. The highest BCUT2D eigenvalue weighted by Gasteiger charge is 2.23. The van der Waals surface area contributed by atoms with Gasteiger partial charge in [-0.15, -0.1) is 0 Å². The third kappa shape index (κ3) is 3.72. The van der Waals surface area contributed by atoms with Crippen molar-refractivity contribution in [3.05, 3.63) is 69.5 Å². The molecular formula is C26H31N3. The van der Waals surface area contributed by atoms with E-state index in [9.17, 15) is 5.26 Å². The second-order valence-electron chi connectivity index (χ2n) is 8.68. The predicted octanol–water partition coefficient (Wildman–Crippen LogP) is 6.89. The lowest BCUT2D eigenvalue weighted by Crippen LogP contribution is -2.11. The van der Waals surface area contributed by atoms with Crippen molar-refractivity contribution in [3.8, 4) is 23.1 Å². The first kappa shape index (κ1) is 20.9. The molecule has 3 aromatic rings. The standard InChI is InChI=1S/C26H31N3/c1-15(2)23-11-17(5)12-24(16(3)4)25(23)29-20(8)19(7)28-26(29)22-10-9-21(14-27)13-18(22)6/h9-13,15-16H,1-8H3. The summed E-state index contributed by atoms with van der Waals surface area (Å²) in [6.45, 7) is 17.5. The van der Waals surface area contributed by atoms with Crippen molar-refractivity contribution >= 4 is 0 Å². The number of rotatable bonds is 4. The van der Waals surface area contributed by atoms with Crippen molar-refractivity contribution in [2.75, 3.05) is 0 Å². The van der Waals surface area contributed by atoms with Gasteiger partial charge in [-0.2, -0.15) is 5.26 Å². The Hall–Kier alpha value is -2.86. The summed E-state index contributed by atoms with van der Waals surface area (Å²) >= 11 is 0. The van der Waals surface area contributed by atoms with Gasteiger partial charge in [0.15, 0.2) is 0 Å². The largest absolute Gasteiger partial charge is 0.296 e. The van der Waals surface area contributed by atoms with Gasteiger partial charge < -0.3 is 0 Å². The van der Waals surface area contributed by atoms with Gasteiger partial charge >= 0.3 is 0 Å². The summed E-state index contributed by atoms with van der Waals surface area (Å²) in [5.41, 5.74) is 10.3. The monoisotopic (exact) mass is 385 g/mol. The summed E-state index contributed by atoms with van der Waals surface area (Å²) in [5, 5.41) is 9.25. The molecule has 0 unspecified atom stereocenters. The Labute approximate surface area is 175 Å². The average Bonchev–Trinajstić information content (AvgIpc) is 2.95. The lowest BCUT2D eigenvalue weighted by atomic mass is 9.90. The first-order chi connectivity index (χ1) is 13.6. The van der Waals surface area contributed by atoms with Gasteiger partial charge in [0.1, 0.15) is 5.82 Å². The van der Waals surface area contributed by atoms with Gasteiger partial charge in [-0.25, -0.2) is 4.98 Å². The molecule has 0 saturated heterocycles. The minimum absolute atomic E-state index is 0.402. The van der Waals surface area contributed by atoms with Crippen LogP contribution in [0, 0.1) is 39.0 Å². The summed E-state index contributed by atoms with van der Waals surface area (Å²) in [6.07, 6.45) is 0. The Bertz CT molecular complexity index is 1080. The van der Waals surface area contributed by atoms with Gasteiger partial charge in [0.2, 0.25) is 0 Å². The van der Waals surface area contributed by atoms with E-state index in [-0.39, 0.29) is 0 Å². The van der Waals surface area contributed by atoms with Crippen LogP contribution in [0.2, 0.25) is 0 Å². The van der Waals surface area contributed by atoms with E-state index >= 15 is 0 Å². The molecule has 150 valence electrons. The van der Waals surface area contributed by atoms with Crippen LogP contribution in [-0.2, 0) is 0 Å². The normalized spacial score (nSPS) is 11.3. The fourth-order valence-corrected chi connectivity index (χ4v) is 4.02. The molecule has 0 radical (unpaired) electrons. The highest BCUT2D eigenvalue weighted by atomic mass is 15.1. The van der Waals surface area contributed by atoms with E-state index < -0.39 is 0 Å². The molecule has 0 spiro atoms. The van der Waals surface area contributed by atoms with Gasteiger partial charge in [-0.1, -0.05) is 45.4 Å². The van der Waals surface area contributed by atoms with E-state index in [1.54, 1.807) is 0 Å². The summed E-state index contributed by atoms with van der Waals surface area (Å²) in [7, 11) is 0. The average molecular weight is 386 g/mol. The van der Waals surface area contributed by atoms with Gasteiger partial charge in [-0.3, -0.25) is 4.57 Å². The molecule has 0 saturated carbocycles. The van der Waals surface area contributed by atoms with E-state index in [1.807, 2.05) is 18.2 Å². The summed E-state index contributed by atoms with van der Waals surface area (Å²) in [4.78, 5) is 4.98. The minimum Gasteiger partial charge on any atom is -0.296 e. The van der Waals surface area contributed by atoms with Gasteiger partial charge in [0.05, 0.1) is 23.0 Å². The summed E-state index contributed by atoms with van der Waals surface area (Å²) in [5.74, 6) is 1.76. The molecule has 3 heteroatoms. The number of hydrogen-bond donors (Lipinski definition) is 0. The maximum Gasteiger partial charge on any atom is 0.145 e. The molecular weight excluding hydrogens is 354 g/mol. The Morgan fingerprint density at radius 1 is 0.897 bits per heavy atom. The fourth-order valence-electron chi connectivity index (χ4n) is 4.02. The third-order valence-corrected chi connectivity index (χ3v) is 5.72. The van der Waals surface area contributed by atoms with E-state index in [1.165, 1.54) is 22.4 Å². The molecule has 0 aliphatic heterocycles. The third-order valence-electron chi connectivity index (χ3n) is 5.72. The second-order valence-corrected chi connectivity index (χ2v) is 8.68. The quantitative estimate of drug-likeness (QED) is 0.490. The molecule has 0 bridgehead atoms. The minimum atomic E-state index is 0.402. The fraction of sp³-hybridized carbons (Fsp3) is 0.385. The van der Waals surface area contributed by atoms with Crippen LogP contribution in [0.3, 0.4) is 0 Å². The van der Waals surface area contributed by atoms with Gasteiger partial charge in [-0.05, 0) is 74.4 Å². The van der Waals surface area contributed by atoms with E-state index in [4.69, 9.17) is 4.98 Å². The molecule has 0 atom stereocenters. The van der Waals surface area contributed by atoms with Crippen molar-refractivity contribution in [2.45, 2.75) is 67.2 Å². The molecule has 0 aliphatic carbocycles. The van der Waals surface area contributed by atoms with Crippen molar-refractivity contribution in [3.63, 3.8) is 0 Å². The van der Waals surface area contributed by atoms with Crippen LogP contribution in [0.25, 0.3) is 17.1 Å². The molecule has 1 aromatic heterocycles. The predicted molar refractivity (Wildman–Crippen MR) is 121 cm³/mol. The summed E-state index contributed by atoms with van der Waals surface area (Å²) < 4.78 is 2.34. The number of nitrogens with zero attached hydrogens (tertiary/aromatic N) is 3. The lowest BCUT2D eigenvalue weighted by Gasteiger charge is -2.24. The Kier molecular flexibility index (Phi) is 5.66. The zero-order valence-electron chi connectivity index (χ0n) is 18.9. The Morgan fingerprint density at radius 2 is 1.48 bits per heavy atom. The molecule has 0 aliphatic rings. The number of nitriles is 1. The Morgan fingerprint density at radius 3 is 1.97 bits per heavy atom. The molecule has 0 N–H and O–H groups in total. The number of benzene rings is 2. The van der Waals surface area contributed by atoms with Crippen molar-refractivity contribution in [1.82, 2.24) is 9.55 Å². The second kappa shape index (κ2) is 7.87. The van der Waals surface area contributed by atoms with Gasteiger partial charge in [0.25, 0.3) is 0 Å². The zero-order chi connectivity index (χ0) is 21.5. The highest BCUT2D eigenvalue weighted by molar-refractivity contribution is 5.68. The topological polar surface area (TPSA) is 41.6 Å². The van der Waals surface area contributed by atoms with Crippen LogP contribution < -0.4 is 0 Å². The molecule has 3 nitrogen and oxygen atoms in total. The number of imidazole rings is 1. The van der Waals surface area contributed by atoms with Crippen molar-refractivity contribution in [1.29, 1.82) is 5.26 Å². The van der Waals surface area contributed by atoms with E-state index in [2.05, 4.69) is 78.2 Å².